The molecule has 1 nitrogen and oxygen atoms in total. The van der Waals surface area contributed by atoms with Crippen molar-refractivity contribution in [2.75, 3.05) is 12.1 Å². The first-order valence-corrected chi connectivity index (χ1v) is 6.58. The minimum Gasteiger partial charge on any atom is -0.413 e. The van der Waals surface area contributed by atoms with E-state index in [1.165, 1.54) is 0 Å². The SMILES string of the molecule is C=CCO[Si](C)(C)CCl. The van der Waals surface area contributed by atoms with Crippen molar-refractivity contribution in [2.45, 2.75) is 13.1 Å². The monoisotopic (exact) mass is 164 g/mol. The summed E-state index contributed by atoms with van der Waals surface area (Å²) in [5, 5.41) is 0. The van der Waals surface area contributed by atoms with E-state index in [4.69, 9.17) is 16.0 Å². The molecule has 0 bridgehead atoms. The van der Waals surface area contributed by atoms with Gasteiger partial charge in [-0.15, -0.1) is 18.2 Å². The summed E-state index contributed by atoms with van der Waals surface area (Å²) in [6.07, 6.45) is 1.75. The van der Waals surface area contributed by atoms with Crippen LogP contribution in [0.2, 0.25) is 13.1 Å². The smallest absolute Gasteiger partial charge is 0.201 e. The van der Waals surface area contributed by atoms with Crippen molar-refractivity contribution in [1.82, 2.24) is 0 Å². The summed E-state index contributed by atoms with van der Waals surface area (Å²) >= 11 is 5.63. The van der Waals surface area contributed by atoms with Crippen molar-refractivity contribution in [2.24, 2.45) is 0 Å². The number of hydrogen-bond acceptors (Lipinski definition) is 1. The molecule has 54 valence electrons. The molecule has 0 fully saturated rings. The van der Waals surface area contributed by atoms with Gasteiger partial charge in [0.25, 0.3) is 0 Å². The molecule has 0 aromatic carbocycles. The summed E-state index contributed by atoms with van der Waals surface area (Å²) in [6, 6.07) is 0. The highest BCUT2D eigenvalue weighted by molar-refractivity contribution is 6.77. The minimum atomic E-state index is -1.50. The fourth-order valence-electron chi connectivity index (χ4n) is 0.323. The van der Waals surface area contributed by atoms with Crippen LogP contribution in [0, 0.1) is 0 Å². The molecule has 0 aromatic heterocycles. The second-order valence-corrected chi connectivity index (χ2v) is 7.37. The van der Waals surface area contributed by atoms with Crippen LogP contribution in [0.5, 0.6) is 0 Å². The molecule has 0 heterocycles. The van der Waals surface area contributed by atoms with Gasteiger partial charge in [-0.25, -0.2) is 0 Å². The first kappa shape index (κ1) is 9.21. The number of alkyl halides is 1. The minimum absolute atomic E-state index is 0.631. The molecule has 0 unspecified atom stereocenters. The van der Waals surface area contributed by atoms with Crippen LogP contribution in [-0.2, 0) is 4.43 Å². The van der Waals surface area contributed by atoms with Crippen molar-refractivity contribution in [3.05, 3.63) is 12.7 Å². The third-order valence-corrected chi connectivity index (χ3v) is 4.44. The molecular formula is C6H13ClOSi. The Balaban J connectivity index is 3.44. The molecule has 0 aromatic rings. The summed E-state index contributed by atoms with van der Waals surface area (Å²) in [6.45, 7) is 8.36. The Bertz CT molecular complexity index is 93.1. The standard InChI is InChI=1S/C6H13ClOSi/c1-4-5-8-9(2,3)6-7/h4H,1,5-6H2,2-3H3. The molecule has 0 aliphatic rings. The predicted octanol–water partition coefficient (Wildman–Crippen LogP) is 2.17. The van der Waals surface area contributed by atoms with Crippen LogP contribution in [0.4, 0.5) is 0 Å². The van der Waals surface area contributed by atoms with Gasteiger partial charge in [0.05, 0.1) is 6.61 Å². The van der Waals surface area contributed by atoms with Gasteiger partial charge in [-0.05, 0) is 13.1 Å². The Morgan fingerprint density at radius 1 is 1.67 bits per heavy atom. The van der Waals surface area contributed by atoms with Crippen LogP contribution in [0.1, 0.15) is 0 Å². The summed E-state index contributed by atoms with van der Waals surface area (Å²) in [7, 11) is -1.50. The lowest BCUT2D eigenvalue weighted by atomic mass is 10.7. The normalized spacial score (nSPS) is 11.4. The van der Waals surface area contributed by atoms with Crippen LogP contribution < -0.4 is 0 Å². The van der Waals surface area contributed by atoms with Gasteiger partial charge in [0, 0.05) is 5.50 Å². The third-order valence-electron chi connectivity index (χ3n) is 0.914. The zero-order valence-corrected chi connectivity index (χ0v) is 7.74. The van der Waals surface area contributed by atoms with Gasteiger partial charge in [-0.1, -0.05) is 6.08 Å². The highest BCUT2D eigenvalue weighted by Crippen LogP contribution is 2.05. The quantitative estimate of drug-likeness (QED) is 0.352. The molecule has 0 aliphatic carbocycles. The molecule has 0 saturated heterocycles. The van der Waals surface area contributed by atoms with Gasteiger partial charge in [0.1, 0.15) is 0 Å². The fraction of sp³-hybridized carbons (Fsp3) is 0.667. The van der Waals surface area contributed by atoms with E-state index < -0.39 is 8.32 Å². The molecule has 0 radical (unpaired) electrons. The average molecular weight is 165 g/mol. The maximum Gasteiger partial charge on any atom is 0.201 e. The van der Waals surface area contributed by atoms with Crippen molar-refractivity contribution in [3.8, 4) is 0 Å². The van der Waals surface area contributed by atoms with Gasteiger partial charge in [-0.2, -0.15) is 0 Å². The molecule has 0 N–H and O–H groups in total. The Kier molecular flexibility index (Phi) is 4.19. The summed E-state index contributed by atoms with van der Waals surface area (Å²) in [5.41, 5.74) is 0.654. The third kappa shape index (κ3) is 4.69. The lowest BCUT2D eigenvalue weighted by molar-refractivity contribution is 0.357. The van der Waals surface area contributed by atoms with Gasteiger partial charge in [0.15, 0.2) is 0 Å². The number of halogens is 1. The Hall–Kier alpha value is 0.207. The Morgan fingerprint density at radius 2 is 2.22 bits per heavy atom. The largest absolute Gasteiger partial charge is 0.413 e. The predicted molar refractivity (Wildman–Crippen MR) is 44.4 cm³/mol. The highest BCUT2D eigenvalue weighted by atomic mass is 35.5. The second kappa shape index (κ2) is 4.09. The second-order valence-electron chi connectivity index (χ2n) is 2.49. The summed E-state index contributed by atoms with van der Waals surface area (Å²) in [4.78, 5) is 0. The maximum absolute atomic E-state index is 5.63. The van der Waals surface area contributed by atoms with Gasteiger partial charge in [0.2, 0.25) is 8.32 Å². The topological polar surface area (TPSA) is 9.23 Å². The first-order valence-electron chi connectivity index (χ1n) is 2.93. The van der Waals surface area contributed by atoms with Crippen molar-refractivity contribution in [1.29, 1.82) is 0 Å². The van der Waals surface area contributed by atoms with E-state index in [0.29, 0.717) is 12.1 Å². The molecule has 0 saturated carbocycles. The van der Waals surface area contributed by atoms with Gasteiger partial charge >= 0.3 is 0 Å². The van der Waals surface area contributed by atoms with Gasteiger partial charge < -0.3 is 4.43 Å². The highest BCUT2D eigenvalue weighted by Gasteiger charge is 2.19. The molecule has 9 heavy (non-hydrogen) atoms. The Morgan fingerprint density at radius 3 is 2.56 bits per heavy atom. The van der Waals surface area contributed by atoms with E-state index in [2.05, 4.69) is 19.7 Å². The van der Waals surface area contributed by atoms with Crippen LogP contribution >= 0.6 is 11.6 Å². The molecule has 0 rings (SSSR count). The van der Waals surface area contributed by atoms with Crippen molar-refractivity contribution >= 4 is 19.9 Å². The Labute approximate surface area is 62.8 Å². The van der Waals surface area contributed by atoms with Gasteiger partial charge in [-0.3, -0.25) is 0 Å². The lowest BCUT2D eigenvalue weighted by Gasteiger charge is -2.17. The first-order chi connectivity index (χ1) is 4.12. The number of hydrogen-bond donors (Lipinski definition) is 0. The van der Waals surface area contributed by atoms with E-state index in [1.54, 1.807) is 6.08 Å². The number of rotatable bonds is 4. The van der Waals surface area contributed by atoms with E-state index in [1.807, 2.05) is 0 Å². The van der Waals surface area contributed by atoms with E-state index >= 15 is 0 Å². The molecule has 0 aliphatic heterocycles. The van der Waals surface area contributed by atoms with E-state index in [-0.39, 0.29) is 0 Å². The van der Waals surface area contributed by atoms with Crippen molar-refractivity contribution < 1.29 is 4.43 Å². The van der Waals surface area contributed by atoms with Crippen LogP contribution in [0.25, 0.3) is 0 Å². The molecule has 0 atom stereocenters. The molecule has 0 amide bonds. The maximum atomic E-state index is 5.63. The van der Waals surface area contributed by atoms with Crippen LogP contribution in [0.3, 0.4) is 0 Å². The van der Waals surface area contributed by atoms with E-state index in [0.717, 1.165) is 0 Å². The zero-order valence-electron chi connectivity index (χ0n) is 5.98. The van der Waals surface area contributed by atoms with E-state index in [9.17, 15) is 0 Å². The summed E-state index contributed by atoms with van der Waals surface area (Å²) in [5.74, 6) is 0. The molecule has 0 spiro atoms. The molecule has 3 heteroatoms. The van der Waals surface area contributed by atoms with Crippen molar-refractivity contribution in [3.63, 3.8) is 0 Å². The molecular weight excluding hydrogens is 152 g/mol. The average Bonchev–Trinajstić information content (AvgIpc) is 1.84. The lowest BCUT2D eigenvalue weighted by Crippen LogP contribution is -2.33. The zero-order chi connectivity index (χ0) is 7.33. The van der Waals surface area contributed by atoms with Crippen LogP contribution in [-0.4, -0.2) is 20.4 Å². The summed E-state index contributed by atoms with van der Waals surface area (Å²) < 4.78 is 5.42. The van der Waals surface area contributed by atoms with Crippen LogP contribution in [0.15, 0.2) is 12.7 Å². The fourth-order valence-corrected chi connectivity index (χ4v) is 1.20.